The molecule has 0 amide bonds. The summed E-state index contributed by atoms with van der Waals surface area (Å²) in [6.45, 7) is 4.53. The Morgan fingerprint density at radius 1 is 1.41 bits per heavy atom. The third-order valence-electron chi connectivity index (χ3n) is 2.09. The van der Waals surface area contributed by atoms with Crippen LogP contribution < -0.4 is 10.5 Å². The molecule has 0 aliphatic carbocycles. The molecule has 5 heteroatoms. The van der Waals surface area contributed by atoms with E-state index in [2.05, 4.69) is 0 Å². The lowest BCUT2D eigenvalue weighted by Gasteiger charge is -2.12. The van der Waals surface area contributed by atoms with Crippen LogP contribution >= 0.6 is 11.6 Å². The van der Waals surface area contributed by atoms with E-state index >= 15 is 0 Å². The third kappa shape index (κ3) is 3.27. The van der Waals surface area contributed by atoms with Crippen molar-refractivity contribution in [3.8, 4) is 5.75 Å². The van der Waals surface area contributed by atoms with Crippen molar-refractivity contribution in [2.75, 3.05) is 18.9 Å². The highest BCUT2D eigenvalue weighted by Gasteiger charge is 2.17. The normalized spacial score (nSPS) is 10.1. The van der Waals surface area contributed by atoms with Crippen LogP contribution in [0.1, 0.15) is 30.6 Å². The largest absolute Gasteiger partial charge is 0.490 e. The second kappa shape index (κ2) is 6.35. The molecule has 4 nitrogen and oxygen atoms in total. The molecule has 1 aromatic carbocycles. The smallest absolute Gasteiger partial charge is 0.340 e. The van der Waals surface area contributed by atoms with Crippen molar-refractivity contribution < 1.29 is 14.3 Å². The Hall–Kier alpha value is -1.42. The fourth-order valence-electron chi connectivity index (χ4n) is 1.31. The molecule has 0 aliphatic rings. The average Bonchev–Trinajstić information content (AvgIpc) is 2.31. The molecule has 0 saturated heterocycles. The highest BCUT2D eigenvalue weighted by atomic mass is 35.5. The average molecular weight is 258 g/mol. The molecule has 0 unspecified atom stereocenters. The van der Waals surface area contributed by atoms with Gasteiger partial charge in [-0.05, 0) is 25.5 Å². The Bertz CT molecular complexity index is 407. The van der Waals surface area contributed by atoms with E-state index < -0.39 is 5.97 Å². The minimum atomic E-state index is -0.457. The molecule has 17 heavy (non-hydrogen) atoms. The van der Waals surface area contributed by atoms with Gasteiger partial charge in [0.2, 0.25) is 0 Å². The number of ether oxygens (including phenoxy) is 2. The van der Waals surface area contributed by atoms with Gasteiger partial charge >= 0.3 is 5.97 Å². The van der Waals surface area contributed by atoms with Crippen LogP contribution in [0, 0.1) is 0 Å². The molecule has 0 bridgehead atoms. The first-order valence-corrected chi connectivity index (χ1v) is 5.87. The van der Waals surface area contributed by atoms with Gasteiger partial charge in [-0.3, -0.25) is 0 Å². The van der Waals surface area contributed by atoms with Gasteiger partial charge in [0.1, 0.15) is 0 Å². The highest BCUT2D eigenvalue weighted by Crippen LogP contribution is 2.34. The zero-order valence-corrected chi connectivity index (χ0v) is 10.7. The predicted molar refractivity (Wildman–Crippen MR) is 67.6 cm³/mol. The number of anilines is 1. The van der Waals surface area contributed by atoms with Crippen molar-refractivity contribution in [1.82, 2.24) is 0 Å². The molecule has 0 spiro atoms. The predicted octanol–water partition coefficient (Wildman–Crippen LogP) is 2.89. The summed E-state index contributed by atoms with van der Waals surface area (Å²) < 4.78 is 10.3. The van der Waals surface area contributed by atoms with Gasteiger partial charge < -0.3 is 15.2 Å². The molecular weight excluding hydrogens is 242 g/mol. The lowest BCUT2D eigenvalue weighted by atomic mass is 10.1. The second-order valence-electron chi connectivity index (χ2n) is 3.41. The zero-order chi connectivity index (χ0) is 12.8. The van der Waals surface area contributed by atoms with E-state index in [0.29, 0.717) is 24.0 Å². The SMILES string of the molecule is CCCOC(=O)c1ccc(Cl)c(OCC)c1N. The van der Waals surface area contributed by atoms with Crippen molar-refractivity contribution in [3.63, 3.8) is 0 Å². The van der Waals surface area contributed by atoms with Crippen LogP contribution in [-0.4, -0.2) is 19.2 Å². The first kappa shape index (κ1) is 13.6. The Morgan fingerprint density at radius 2 is 2.12 bits per heavy atom. The molecule has 0 saturated carbocycles. The molecule has 1 aromatic rings. The van der Waals surface area contributed by atoms with Gasteiger partial charge in [-0.1, -0.05) is 18.5 Å². The summed E-state index contributed by atoms with van der Waals surface area (Å²) in [6.07, 6.45) is 0.761. The number of benzene rings is 1. The van der Waals surface area contributed by atoms with Gasteiger partial charge in [-0.25, -0.2) is 4.79 Å². The maximum absolute atomic E-state index is 11.7. The fourth-order valence-corrected chi connectivity index (χ4v) is 1.53. The van der Waals surface area contributed by atoms with E-state index in [1.807, 2.05) is 13.8 Å². The molecule has 1 rings (SSSR count). The van der Waals surface area contributed by atoms with Crippen molar-refractivity contribution in [2.45, 2.75) is 20.3 Å². The number of hydrogen-bond donors (Lipinski definition) is 1. The molecule has 0 fully saturated rings. The molecule has 0 radical (unpaired) electrons. The van der Waals surface area contributed by atoms with Crippen LogP contribution in [0.4, 0.5) is 5.69 Å². The van der Waals surface area contributed by atoms with Crippen LogP contribution in [0.3, 0.4) is 0 Å². The minimum Gasteiger partial charge on any atom is -0.490 e. The van der Waals surface area contributed by atoms with Crippen molar-refractivity contribution in [1.29, 1.82) is 0 Å². The topological polar surface area (TPSA) is 61.5 Å². The second-order valence-corrected chi connectivity index (χ2v) is 3.81. The summed E-state index contributed by atoms with van der Waals surface area (Å²) in [7, 11) is 0. The first-order chi connectivity index (χ1) is 8.11. The van der Waals surface area contributed by atoms with Gasteiger partial charge in [0.15, 0.2) is 5.75 Å². The van der Waals surface area contributed by atoms with E-state index in [0.717, 1.165) is 6.42 Å². The van der Waals surface area contributed by atoms with Crippen LogP contribution in [0.2, 0.25) is 5.02 Å². The van der Waals surface area contributed by atoms with Gasteiger partial charge in [-0.2, -0.15) is 0 Å². The maximum atomic E-state index is 11.7. The Labute approximate surface area is 106 Å². The van der Waals surface area contributed by atoms with Crippen LogP contribution in [0.15, 0.2) is 12.1 Å². The van der Waals surface area contributed by atoms with E-state index in [1.165, 1.54) is 6.07 Å². The number of hydrogen-bond acceptors (Lipinski definition) is 4. The summed E-state index contributed by atoms with van der Waals surface area (Å²) in [6, 6.07) is 3.11. The molecule has 0 heterocycles. The number of nitrogens with two attached hydrogens (primary N) is 1. The summed E-state index contributed by atoms with van der Waals surface area (Å²) in [4.78, 5) is 11.7. The summed E-state index contributed by atoms with van der Waals surface area (Å²) in [5.41, 5.74) is 6.34. The number of carbonyl (C=O) groups is 1. The zero-order valence-electron chi connectivity index (χ0n) is 9.96. The quantitative estimate of drug-likeness (QED) is 0.651. The molecule has 94 valence electrons. The third-order valence-corrected chi connectivity index (χ3v) is 2.39. The lowest BCUT2D eigenvalue weighted by Crippen LogP contribution is -2.10. The van der Waals surface area contributed by atoms with Crippen LogP contribution in [-0.2, 0) is 4.74 Å². The number of rotatable bonds is 5. The maximum Gasteiger partial charge on any atom is 0.340 e. The van der Waals surface area contributed by atoms with Gasteiger partial charge in [-0.15, -0.1) is 0 Å². The minimum absolute atomic E-state index is 0.223. The lowest BCUT2D eigenvalue weighted by molar-refractivity contribution is 0.0506. The number of carbonyl (C=O) groups excluding carboxylic acids is 1. The molecular formula is C12H16ClNO3. The monoisotopic (exact) mass is 257 g/mol. The summed E-state index contributed by atoms with van der Waals surface area (Å²) in [5.74, 6) is -0.123. The van der Waals surface area contributed by atoms with Crippen LogP contribution in [0.5, 0.6) is 5.75 Å². The van der Waals surface area contributed by atoms with E-state index in [-0.39, 0.29) is 11.3 Å². The molecule has 2 N–H and O–H groups in total. The summed E-state index contributed by atoms with van der Waals surface area (Å²) in [5, 5.41) is 0.386. The standard InChI is InChI=1S/C12H16ClNO3/c1-3-7-17-12(15)8-5-6-9(13)11(10(8)14)16-4-2/h5-6H,3-4,7,14H2,1-2H3. The van der Waals surface area contributed by atoms with Gasteiger partial charge in [0.05, 0.1) is 29.5 Å². The Morgan fingerprint density at radius 3 is 2.71 bits per heavy atom. The van der Waals surface area contributed by atoms with Gasteiger partial charge in [0, 0.05) is 0 Å². The Kier molecular flexibility index (Phi) is 5.10. The van der Waals surface area contributed by atoms with Crippen molar-refractivity contribution in [3.05, 3.63) is 22.7 Å². The highest BCUT2D eigenvalue weighted by molar-refractivity contribution is 6.32. The van der Waals surface area contributed by atoms with Crippen LogP contribution in [0.25, 0.3) is 0 Å². The first-order valence-electron chi connectivity index (χ1n) is 5.49. The molecule has 0 aliphatic heterocycles. The molecule has 0 aromatic heterocycles. The summed E-state index contributed by atoms with van der Waals surface area (Å²) >= 11 is 5.93. The van der Waals surface area contributed by atoms with E-state index in [9.17, 15) is 4.79 Å². The number of nitrogen functional groups attached to an aromatic ring is 1. The van der Waals surface area contributed by atoms with Gasteiger partial charge in [0.25, 0.3) is 0 Å². The molecule has 0 atom stereocenters. The number of halogens is 1. The van der Waals surface area contributed by atoms with Crippen molar-refractivity contribution in [2.24, 2.45) is 0 Å². The fraction of sp³-hybridized carbons (Fsp3) is 0.417. The number of esters is 1. The Balaban J connectivity index is 3.01. The van der Waals surface area contributed by atoms with E-state index in [1.54, 1.807) is 6.07 Å². The van der Waals surface area contributed by atoms with E-state index in [4.69, 9.17) is 26.8 Å². The van der Waals surface area contributed by atoms with Crippen molar-refractivity contribution >= 4 is 23.3 Å².